The van der Waals surface area contributed by atoms with Crippen LogP contribution < -0.4 is 5.84 Å². The van der Waals surface area contributed by atoms with Crippen LogP contribution in [0.5, 0.6) is 0 Å². The van der Waals surface area contributed by atoms with E-state index in [-0.39, 0.29) is 11.3 Å². The van der Waals surface area contributed by atoms with Crippen LogP contribution >= 0.6 is 34.4 Å². The van der Waals surface area contributed by atoms with Crippen LogP contribution in [0.3, 0.4) is 0 Å². The van der Waals surface area contributed by atoms with Crippen molar-refractivity contribution in [1.29, 1.82) is 0 Å². The van der Waals surface area contributed by atoms with Gasteiger partial charge < -0.3 is 30.2 Å². The van der Waals surface area contributed by atoms with Crippen LogP contribution in [0.2, 0.25) is 0 Å². The Morgan fingerprint density at radius 2 is 1.97 bits per heavy atom. The van der Waals surface area contributed by atoms with Gasteiger partial charge >= 0.3 is 0 Å². The van der Waals surface area contributed by atoms with Crippen molar-refractivity contribution >= 4 is 40.0 Å². The van der Waals surface area contributed by atoms with Gasteiger partial charge in [0.25, 0.3) is 0 Å². The average molecular weight is 580 g/mol. The van der Waals surface area contributed by atoms with Gasteiger partial charge in [0.1, 0.15) is 35.5 Å². The minimum atomic E-state index is -1.20. The number of nitrogens with two attached hydrogens (primary N) is 1. The minimum Gasteiger partial charge on any atom is -0.394 e. The first-order chi connectivity index (χ1) is 18.4. The van der Waals surface area contributed by atoms with Gasteiger partial charge in [-0.3, -0.25) is 0 Å². The van der Waals surface area contributed by atoms with Gasteiger partial charge in [0.15, 0.2) is 0 Å². The van der Waals surface area contributed by atoms with Gasteiger partial charge in [-0.25, -0.2) is 10.5 Å². The van der Waals surface area contributed by atoms with Crippen LogP contribution in [-0.2, 0) is 4.74 Å². The van der Waals surface area contributed by atoms with Gasteiger partial charge in [-0.1, -0.05) is 11.6 Å². The number of ether oxygens (including phenoxy) is 1. The Bertz CT molecular complexity index is 1190. The van der Waals surface area contributed by atoms with E-state index in [1.165, 1.54) is 27.8 Å². The second kappa shape index (κ2) is 12.1. The average Bonchev–Trinajstić information content (AvgIpc) is 3.69. The highest BCUT2D eigenvalue weighted by Crippen LogP contribution is 2.41. The van der Waals surface area contributed by atoms with Crippen molar-refractivity contribution in [3.8, 4) is 11.3 Å². The summed E-state index contributed by atoms with van der Waals surface area (Å²) in [7, 11) is 0. The number of hydrogen-bond donors (Lipinski definition) is 5. The molecule has 8 atom stereocenters. The molecule has 0 aromatic carbocycles. The predicted octanol–water partition coefficient (Wildman–Crippen LogP) is 2.30. The molecule has 4 heterocycles. The number of aliphatic hydroxyl groups excluding tert-OH is 4. The predicted molar refractivity (Wildman–Crippen MR) is 149 cm³/mol. The van der Waals surface area contributed by atoms with Gasteiger partial charge in [-0.2, -0.15) is 22.7 Å². The fraction of sp³-hybridized carbons (Fsp3) is 0.520. The molecule has 206 valence electrons. The number of thioether (sulfide) groups is 1. The fourth-order valence-corrected chi connectivity index (χ4v) is 7.99. The molecule has 1 aliphatic carbocycles. The lowest BCUT2D eigenvalue weighted by Crippen LogP contribution is -2.56. The molecule has 0 bridgehead atoms. The highest BCUT2D eigenvalue weighted by atomic mass is 32.2. The number of aromatic nitrogens is 3. The van der Waals surface area contributed by atoms with Crippen molar-refractivity contribution in [2.45, 2.75) is 73.4 Å². The fourth-order valence-electron chi connectivity index (χ4n) is 5.10. The summed E-state index contributed by atoms with van der Waals surface area (Å²) in [6.07, 6.45) is 1.81. The lowest BCUT2D eigenvalue weighted by atomic mass is 9.91. The Hall–Kier alpha value is -1.81. The third-order valence-electron chi connectivity index (χ3n) is 7.26. The molecule has 8 unspecified atom stereocenters. The quantitative estimate of drug-likeness (QED) is 0.199. The molecule has 2 aliphatic rings. The molecule has 10 nitrogen and oxygen atoms in total. The summed E-state index contributed by atoms with van der Waals surface area (Å²) in [5.41, 5.74) is 2.82. The van der Waals surface area contributed by atoms with E-state index < -0.39 is 42.5 Å². The number of hydrazine groups is 1. The number of rotatable bonds is 8. The van der Waals surface area contributed by atoms with Gasteiger partial charge in [0.05, 0.1) is 24.9 Å². The van der Waals surface area contributed by atoms with E-state index in [0.29, 0.717) is 5.69 Å². The molecule has 5 rings (SSSR count). The zero-order chi connectivity index (χ0) is 26.8. The van der Waals surface area contributed by atoms with Crippen molar-refractivity contribution in [3.05, 3.63) is 51.6 Å². The zero-order valence-electron chi connectivity index (χ0n) is 20.9. The van der Waals surface area contributed by atoms with E-state index in [9.17, 15) is 20.4 Å². The number of thiophene rings is 2. The van der Waals surface area contributed by atoms with Gasteiger partial charge in [-0.05, 0) is 59.2 Å². The third-order valence-corrected chi connectivity index (χ3v) is 10.1. The lowest BCUT2D eigenvalue weighted by molar-refractivity contribution is -0.178. The number of nitrogens with zero attached hydrogens (tertiary/aromatic N) is 4. The maximum absolute atomic E-state index is 11.3. The number of allylic oxidation sites excluding steroid dienone is 1. The van der Waals surface area contributed by atoms with E-state index in [4.69, 9.17) is 10.6 Å². The van der Waals surface area contributed by atoms with Crippen LogP contribution in [-0.4, -0.2) is 88.2 Å². The molecule has 2 fully saturated rings. The summed E-state index contributed by atoms with van der Waals surface area (Å²) in [6.45, 7) is 1.57. The summed E-state index contributed by atoms with van der Waals surface area (Å²) in [5, 5.41) is 61.1. The van der Waals surface area contributed by atoms with Crippen LogP contribution in [0.1, 0.15) is 37.8 Å². The first-order valence-corrected chi connectivity index (χ1v) is 15.3. The van der Waals surface area contributed by atoms with E-state index in [0.717, 1.165) is 36.0 Å². The SMILES string of the molecule is CC(=CN(N)C1CCCC(SC2OC(CO)C(O)C(n3cc(-c4ccsc4)nn3)C2O)C1O)c1ccsc1. The van der Waals surface area contributed by atoms with Crippen molar-refractivity contribution in [2.75, 3.05) is 6.61 Å². The van der Waals surface area contributed by atoms with Crippen molar-refractivity contribution in [3.63, 3.8) is 0 Å². The molecule has 13 heteroatoms. The van der Waals surface area contributed by atoms with Crippen LogP contribution in [0.15, 0.2) is 46.0 Å². The highest BCUT2D eigenvalue weighted by molar-refractivity contribution is 8.00. The molecule has 0 amide bonds. The maximum atomic E-state index is 11.3. The second-order valence-corrected chi connectivity index (χ2v) is 12.6. The molecule has 3 aromatic heterocycles. The normalized spacial score (nSPS) is 32.4. The summed E-state index contributed by atoms with van der Waals surface area (Å²) in [6, 6.07) is 2.78. The van der Waals surface area contributed by atoms with E-state index >= 15 is 0 Å². The summed E-state index contributed by atoms with van der Waals surface area (Å²) < 4.78 is 7.38. The molecule has 0 radical (unpaired) electrons. The van der Waals surface area contributed by atoms with Crippen molar-refractivity contribution in [2.24, 2.45) is 5.84 Å². The van der Waals surface area contributed by atoms with Crippen molar-refractivity contribution in [1.82, 2.24) is 20.0 Å². The minimum absolute atomic E-state index is 0.262. The van der Waals surface area contributed by atoms with Crippen LogP contribution in [0, 0.1) is 0 Å². The number of hydrogen-bond acceptors (Lipinski definition) is 12. The second-order valence-electron chi connectivity index (χ2n) is 9.73. The Morgan fingerprint density at radius 3 is 2.68 bits per heavy atom. The summed E-state index contributed by atoms with van der Waals surface area (Å²) in [4.78, 5) is 0. The van der Waals surface area contributed by atoms with Crippen molar-refractivity contribution < 1.29 is 25.2 Å². The van der Waals surface area contributed by atoms with Gasteiger partial charge in [-0.15, -0.1) is 16.9 Å². The first kappa shape index (κ1) is 27.7. The van der Waals surface area contributed by atoms with Gasteiger partial charge in [0, 0.05) is 22.4 Å². The maximum Gasteiger partial charge on any atom is 0.132 e. The monoisotopic (exact) mass is 579 g/mol. The standard InChI is InChI=1S/C25H33N5O5S3/c1-14(15-5-7-36-12-15)9-29(26)18-3-2-4-20(22(18)32)38-25-24(34)21(23(33)19(11-31)35-25)30-10-17(27-28-30)16-6-8-37-13-16/h5-10,12-13,18-25,31-34H,2-4,11,26H2,1H3. The molecular formula is C25H33N5O5S3. The smallest absolute Gasteiger partial charge is 0.132 e. The third kappa shape index (κ3) is 5.71. The Morgan fingerprint density at radius 1 is 1.18 bits per heavy atom. The molecule has 1 saturated heterocycles. The highest BCUT2D eigenvalue weighted by Gasteiger charge is 2.48. The Labute approximate surface area is 233 Å². The van der Waals surface area contributed by atoms with Crippen LogP contribution in [0.25, 0.3) is 16.8 Å². The Balaban J connectivity index is 1.31. The van der Waals surface area contributed by atoms with Gasteiger partial charge in [0.2, 0.25) is 0 Å². The molecule has 38 heavy (non-hydrogen) atoms. The van der Waals surface area contributed by atoms with E-state index in [2.05, 4.69) is 15.7 Å². The van der Waals surface area contributed by atoms with E-state index in [1.807, 2.05) is 41.4 Å². The molecule has 3 aromatic rings. The first-order valence-electron chi connectivity index (χ1n) is 12.5. The molecule has 1 saturated carbocycles. The lowest BCUT2D eigenvalue weighted by Gasteiger charge is -2.45. The van der Waals surface area contributed by atoms with E-state index in [1.54, 1.807) is 22.5 Å². The molecule has 6 N–H and O–H groups in total. The summed E-state index contributed by atoms with van der Waals surface area (Å²) >= 11 is 4.47. The molecule has 1 aliphatic heterocycles. The summed E-state index contributed by atoms with van der Waals surface area (Å²) in [5.74, 6) is 6.40. The Kier molecular flexibility index (Phi) is 8.87. The van der Waals surface area contributed by atoms with Crippen LogP contribution in [0.4, 0.5) is 0 Å². The molecule has 0 spiro atoms. The largest absolute Gasteiger partial charge is 0.394 e. The number of aliphatic hydroxyl groups is 4. The topological polar surface area (TPSA) is 150 Å². The molecular weight excluding hydrogens is 547 g/mol. The zero-order valence-corrected chi connectivity index (χ0v) is 23.3.